The van der Waals surface area contributed by atoms with Crippen molar-refractivity contribution in [1.82, 2.24) is 9.78 Å². The van der Waals surface area contributed by atoms with Gasteiger partial charge in [-0.15, -0.1) is 0 Å². The highest BCUT2D eigenvalue weighted by Crippen LogP contribution is 2.30. The summed E-state index contributed by atoms with van der Waals surface area (Å²) in [6.07, 6.45) is -1.41. The van der Waals surface area contributed by atoms with Crippen molar-refractivity contribution in [3.05, 3.63) is 23.0 Å². The fraction of sp³-hybridized carbons (Fsp3) is 0.571. The zero-order chi connectivity index (χ0) is 24.3. The van der Waals surface area contributed by atoms with E-state index in [0.717, 1.165) is 12.2 Å². The van der Waals surface area contributed by atoms with Crippen LogP contribution in [0.2, 0.25) is 0 Å². The van der Waals surface area contributed by atoms with Crippen molar-refractivity contribution < 1.29 is 31.5 Å². The molecular weight excluding hydrogens is 244 g/mol. The second kappa shape index (κ2) is 4.90. The first-order valence-corrected chi connectivity index (χ1v) is 5.40. The van der Waals surface area contributed by atoms with Crippen LogP contribution in [0.4, 0.5) is 0 Å². The van der Waals surface area contributed by atoms with Crippen LogP contribution in [0.3, 0.4) is 0 Å². The van der Waals surface area contributed by atoms with E-state index >= 15 is 0 Å². The van der Waals surface area contributed by atoms with Gasteiger partial charge in [0.15, 0.2) is 12.0 Å². The van der Waals surface area contributed by atoms with Gasteiger partial charge < -0.3 is 10.2 Å². The first-order valence-electron chi connectivity index (χ1n) is 11.4. The van der Waals surface area contributed by atoms with Crippen LogP contribution >= 0.6 is 0 Å². The Balaban J connectivity index is 2.91. The summed E-state index contributed by atoms with van der Waals surface area (Å²) in [6.45, 7) is -13.2. The highest BCUT2D eigenvalue weighted by molar-refractivity contribution is 6.01. The molecule has 104 valence electrons. The summed E-state index contributed by atoms with van der Waals surface area (Å²) < 4.78 is 91.4. The molecule has 0 aliphatic carbocycles. The van der Waals surface area contributed by atoms with Gasteiger partial charge >= 0.3 is 0 Å². The topological polar surface area (TPSA) is 75.4 Å². The molecular formula is C14H20N2O3. The summed E-state index contributed by atoms with van der Waals surface area (Å²) in [5.74, 6) is -6.58. The molecule has 0 saturated carbocycles. The Hall–Kier alpha value is -1.46. The summed E-state index contributed by atoms with van der Waals surface area (Å²) in [5, 5.41) is 23.7. The van der Waals surface area contributed by atoms with Gasteiger partial charge in [0, 0.05) is 22.4 Å². The van der Waals surface area contributed by atoms with Crippen molar-refractivity contribution >= 4 is 11.9 Å². The highest BCUT2D eigenvalue weighted by Gasteiger charge is 2.31. The molecule has 2 N–H and O–H groups in total. The second-order valence-corrected chi connectivity index (χ2v) is 4.08. The molecule has 0 amide bonds. The third-order valence-electron chi connectivity index (χ3n) is 2.76. The first kappa shape index (κ1) is 5.14. The molecule has 19 heavy (non-hydrogen) atoms. The Labute approximate surface area is 129 Å². The molecule has 0 saturated heterocycles. The molecule has 2 rings (SSSR count). The van der Waals surface area contributed by atoms with E-state index < -0.39 is 74.3 Å². The lowest BCUT2D eigenvalue weighted by Gasteiger charge is -2.21. The number of aromatic nitrogens is 2. The van der Waals surface area contributed by atoms with Crippen LogP contribution < -0.4 is 0 Å². The van der Waals surface area contributed by atoms with E-state index in [1.54, 1.807) is 0 Å². The van der Waals surface area contributed by atoms with Crippen LogP contribution in [0.1, 0.15) is 77.7 Å². The molecule has 0 aromatic carbocycles. The molecule has 1 aromatic heterocycles. The molecule has 2 unspecified atom stereocenters. The molecule has 1 aliphatic heterocycles. The maximum absolute atomic E-state index is 13.2. The van der Waals surface area contributed by atoms with E-state index in [1.807, 2.05) is 0 Å². The minimum Gasteiger partial charge on any atom is -0.384 e. The van der Waals surface area contributed by atoms with Crippen LogP contribution in [0.25, 0.3) is 6.08 Å². The van der Waals surface area contributed by atoms with Crippen molar-refractivity contribution in [1.29, 1.82) is 0 Å². The molecule has 5 heteroatoms. The first-order chi connectivity index (χ1) is 13.7. The smallest absolute Gasteiger partial charge is 0.177 e. The Morgan fingerprint density at radius 2 is 2.16 bits per heavy atom. The van der Waals surface area contributed by atoms with E-state index in [0.29, 0.717) is 4.68 Å². The van der Waals surface area contributed by atoms with Crippen LogP contribution in [0, 0.1) is 5.92 Å². The summed E-state index contributed by atoms with van der Waals surface area (Å²) in [4.78, 5) is 13.2. The van der Waals surface area contributed by atoms with E-state index in [2.05, 4.69) is 5.10 Å². The maximum Gasteiger partial charge on any atom is 0.177 e. The third-order valence-corrected chi connectivity index (χ3v) is 2.76. The highest BCUT2D eigenvalue weighted by atomic mass is 16.3. The van der Waals surface area contributed by atoms with Gasteiger partial charge in [-0.25, -0.2) is 4.68 Å². The lowest BCUT2D eigenvalue weighted by Crippen LogP contribution is -2.27. The van der Waals surface area contributed by atoms with Crippen molar-refractivity contribution in [3.8, 4) is 0 Å². The SMILES string of the molecule is [2H]C([2H])([2H])C(C(=O)c1c(C(C([2H])([2H])[2H])C([2H])([2H])[2H])nn2c1C=CC(O)C2O)C([2H])([2H])[2H]. The van der Waals surface area contributed by atoms with Gasteiger partial charge in [-0.3, -0.25) is 4.79 Å². The van der Waals surface area contributed by atoms with Crippen molar-refractivity contribution in [2.75, 3.05) is 0 Å². The number of ketones is 1. The van der Waals surface area contributed by atoms with Gasteiger partial charge in [-0.2, -0.15) is 5.10 Å². The van der Waals surface area contributed by atoms with Crippen LogP contribution in [-0.2, 0) is 0 Å². The molecule has 2 heterocycles. The lowest BCUT2D eigenvalue weighted by molar-refractivity contribution is -0.0138. The zero-order valence-corrected chi connectivity index (χ0v) is 9.66. The number of hydrogen-bond donors (Lipinski definition) is 2. The van der Waals surface area contributed by atoms with Gasteiger partial charge in [-0.1, -0.05) is 27.4 Å². The van der Waals surface area contributed by atoms with Crippen molar-refractivity contribution in [3.63, 3.8) is 0 Å². The van der Waals surface area contributed by atoms with Crippen LogP contribution in [-0.4, -0.2) is 31.9 Å². The Morgan fingerprint density at radius 3 is 2.79 bits per heavy atom. The molecule has 0 spiro atoms. The average molecular weight is 276 g/mol. The molecule has 1 aromatic rings. The predicted molar refractivity (Wildman–Crippen MR) is 71.8 cm³/mol. The summed E-state index contributed by atoms with van der Waals surface area (Å²) in [5.41, 5.74) is -2.16. The number of rotatable bonds is 3. The van der Waals surface area contributed by atoms with Crippen molar-refractivity contribution in [2.24, 2.45) is 5.92 Å². The van der Waals surface area contributed by atoms with E-state index in [1.165, 1.54) is 0 Å². The van der Waals surface area contributed by atoms with E-state index in [-0.39, 0.29) is 0 Å². The largest absolute Gasteiger partial charge is 0.384 e. The summed E-state index contributed by atoms with van der Waals surface area (Å²) >= 11 is 0. The second-order valence-electron chi connectivity index (χ2n) is 4.08. The molecule has 2 atom stereocenters. The fourth-order valence-corrected chi connectivity index (χ4v) is 1.86. The number of nitrogens with zero attached hydrogens (tertiary/aromatic N) is 2. The molecule has 1 aliphatic rings. The molecule has 0 fully saturated rings. The number of fused-ring (bicyclic) bond motifs is 1. The number of carbonyl (C=O) groups is 1. The Bertz CT molecular complexity index is 849. The van der Waals surface area contributed by atoms with Crippen LogP contribution in [0.5, 0.6) is 0 Å². The monoisotopic (exact) mass is 276 g/mol. The number of aliphatic hydroxyl groups excluding tert-OH is 2. The molecule has 5 nitrogen and oxygen atoms in total. The van der Waals surface area contributed by atoms with Gasteiger partial charge in [0.25, 0.3) is 0 Å². The Kier molecular flexibility index (Phi) is 1.33. The van der Waals surface area contributed by atoms with Gasteiger partial charge in [-0.05, 0) is 18.1 Å². The van der Waals surface area contributed by atoms with Gasteiger partial charge in [0.05, 0.1) is 17.0 Å². The number of carbonyl (C=O) groups excluding carboxylic acids is 1. The lowest BCUT2D eigenvalue weighted by atomic mass is 9.94. The molecule has 0 bridgehead atoms. The maximum atomic E-state index is 13.2. The normalized spacial score (nSPS) is 34.1. The number of aliphatic hydroxyl groups is 2. The van der Waals surface area contributed by atoms with Crippen LogP contribution in [0.15, 0.2) is 6.08 Å². The summed E-state index contributed by atoms with van der Waals surface area (Å²) in [6, 6.07) is 0. The average Bonchev–Trinajstić information content (AvgIpc) is 2.84. The third kappa shape index (κ3) is 2.24. The quantitative estimate of drug-likeness (QED) is 0.824. The standard InChI is InChI=1S/C14H20N2O3/c1-7(2)12-11(13(18)8(3)4)9-5-6-10(17)14(19)16(9)15-12/h5-8,10,14,17,19H,1-4H3/i1D3,2D3,3D3,4D3. The number of hydrogen-bond acceptors (Lipinski definition) is 4. The summed E-state index contributed by atoms with van der Waals surface area (Å²) in [7, 11) is 0. The minimum atomic E-state index is -3.35. The molecule has 0 radical (unpaired) electrons. The Morgan fingerprint density at radius 1 is 1.42 bits per heavy atom. The minimum absolute atomic E-state index is 0.408. The predicted octanol–water partition coefficient (Wildman–Crippen LogP) is 1.72. The fourth-order valence-electron chi connectivity index (χ4n) is 1.86. The van der Waals surface area contributed by atoms with Gasteiger partial charge in [0.1, 0.15) is 6.10 Å². The zero-order valence-electron chi connectivity index (χ0n) is 21.7. The van der Waals surface area contributed by atoms with Gasteiger partial charge in [0.2, 0.25) is 0 Å². The van der Waals surface area contributed by atoms with Crippen molar-refractivity contribution in [2.45, 2.75) is 45.7 Å². The van der Waals surface area contributed by atoms with E-state index in [9.17, 15) is 15.0 Å². The van der Waals surface area contributed by atoms with E-state index in [4.69, 9.17) is 16.4 Å². The number of Topliss-reactive ketones (excluding diaryl/α,β-unsaturated/α-hetero) is 1.